The van der Waals surface area contributed by atoms with Crippen molar-refractivity contribution in [3.8, 4) is 0 Å². The fraction of sp³-hybridized carbons (Fsp3) is 0.571. The van der Waals surface area contributed by atoms with Crippen LogP contribution in [0.25, 0.3) is 0 Å². The van der Waals surface area contributed by atoms with Gasteiger partial charge in [-0.2, -0.15) is 13.2 Å². The first-order valence-corrected chi connectivity index (χ1v) is 6.87. The van der Waals surface area contributed by atoms with Crippen LogP contribution in [-0.2, 0) is 4.79 Å². The topological polar surface area (TPSA) is 62.6 Å². The molecule has 0 saturated carbocycles. The lowest BCUT2D eigenvalue weighted by atomic mass is 10.2. The molecule has 1 N–H and O–H groups in total. The Hall–Kier alpha value is -1.99. The Kier molecular flexibility index (Phi) is 4.48. The number of carbonyl (C=O) groups is 2. The summed E-state index contributed by atoms with van der Waals surface area (Å²) >= 11 is 0. The monoisotopic (exact) mass is 318 g/mol. The van der Waals surface area contributed by atoms with E-state index in [1.807, 2.05) is 6.92 Å². The van der Waals surface area contributed by atoms with Gasteiger partial charge in [0.25, 0.3) is 5.91 Å². The first kappa shape index (κ1) is 16.4. The summed E-state index contributed by atoms with van der Waals surface area (Å²) in [5, 5.41) is 2.31. The van der Waals surface area contributed by atoms with Crippen LogP contribution in [0.15, 0.2) is 10.7 Å². The predicted octanol–water partition coefficient (Wildman–Crippen LogP) is 2.18. The average molecular weight is 318 g/mol. The number of carbonyl (C=O) groups excluding carboxylic acids is 2. The molecule has 2 rings (SSSR count). The summed E-state index contributed by atoms with van der Waals surface area (Å²) in [5.74, 6) is -1.14. The number of hydrogen-bond donors (Lipinski definition) is 1. The summed E-state index contributed by atoms with van der Waals surface area (Å²) in [6.45, 7) is 4.14. The third-order valence-corrected chi connectivity index (χ3v) is 3.68. The van der Waals surface area contributed by atoms with Gasteiger partial charge in [-0.15, -0.1) is 0 Å². The van der Waals surface area contributed by atoms with Gasteiger partial charge < -0.3 is 14.6 Å². The van der Waals surface area contributed by atoms with E-state index < -0.39 is 24.5 Å². The van der Waals surface area contributed by atoms with Crippen LogP contribution in [-0.4, -0.2) is 42.0 Å². The van der Waals surface area contributed by atoms with Crippen LogP contribution in [0.2, 0.25) is 0 Å². The zero-order valence-electron chi connectivity index (χ0n) is 12.3. The molecular weight excluding hydrogens is 301 g/mol. The predicted molar refractivity (Wildman–Crippen MR) is 71.3 cm³/mol. The van der Waals surface area contributed by atoms with Gasteiger partial charge in [0.05, 0.1) is 6.26 Å². The minimum atomic E-state index is -4.53. The van der Waals surface area contributed by atoms with Gasteiger partial charge in [0.1, 0.15) is 6.42 Å². The van der Waals surface area contributed by atoms with Crippen molar-refractivity contribution in [2.24, 2.45) is 0 Å². The molecule has 1 unspecified atom stereocenters. The van der Waals surface area contributed by atoms with Crippen LogP contribution in [0.5, 0.6) is 0 Å². The van der Waals surface area contributed by atoms with E-state index in [0.29, 0.717) is 13.0 Å². The molecule has 0 spiro atoms. The van der Waals surface area contributed by atoms with Crippen LogP contribution < -0.4 is 5.32 Å². The van der Waals surface area contributed by atoms with Crippen molar-refractivity contribution < 1.29 is 27.2 Å². The Balaban J connectivity index is 1.91. The molecule has 2 amide bonds. The molecule has 1 saturated heterocycles. The molecule has 1 aromatic rings. The highest BCUT2D eigenvalue weighted by atomic mass is 19.4. The summed E-state index contributed by atoms with van der Waals surface area (Å²) in [7, 11) is 0. The standard InChI is InChI=1S/C14H17F3N2O3/c1-8-7-22-12(9(8)2)13(21)19-4-3-10(6-19)18-11(20)5-14(15,16)17/h7,10H,3-6H2,1-2H3,(H,18,20). The van der Waals surface area contributed by atoms with Crippen LogP contribution in [0.3, 0.4) is 0 Å². The number of amides is 2. The maximum Gasteiger partial charge on any atom is 0.397 e. The Morgan fingerprint density at radius 2 is 2.09 bits per heavy atom. The van der Waals surface area contributed by atoms with E-state index in [1.54, 1.807) is 6.92 Å². The number of likely N-dealkylation sites (tertiary alicyclic amines) is 1. The van der Waals surface area contributed by atoms with E-state index >= 15 is 0 Å². The van der Waals surface area contributed by atoms with Crippen molar-refractivity contribution >= 4 is 11.8 Å². The quantitative estimate of drug-likeness (QED) is 0.929. The number of aryl methyl sites for hydroxylation is 1. The normalized spacial score (nSPS) is 18.6. The number of nitrogens with one attached hydrogen (secondary N) is 1. The largest absolute Gasteiger partial charge is 0.459 e. The first-order valence-electron chi connectivity index (χ1n) is 6.87. The summed E-state index contributed by atoms with van der Waals surface area (Å²) in [5.41, 5.74) is 1.60. The van der Waals surface area contributed by atoms with Gasteiger partial charge in [0.2, 0.25) is 5.91 Å². The highest BCUT2D eigenvalue weighted by Gasteiger charge is 2.34. The fourth-order valence-corrected chi connectivity index (χ4v) is 2.38. The van der Waals surface area contributed by atoms with Gasteiger partial charge in [-0.3, -0.25) is 9.59 Å². The lowest BCUT2D eigenvalue weighted by molar-refractivity contribution is -0.154. The molecule has 1 fully saturated rings. The van der Waals surface area contributed by atoms with Crippen molar-refractivity contribution in [1.29, 1.82) is 0 Å². The lowest BCUT2D eigenvalue weighted by Crippen LogP contribution is -2.40. The summed E-state index contributed by atoms with van der Waals surface area (Å²) < 4.78 is 41.6. The number of halogens is 3. The van der Waals surface area contributed by atoms with Crippen LogP contribution in [0.4, 0.5) is 13.2 Å². The van der Waals surface area contributed by atoms with Gasteiger partial charge in [-0.25, -0.2) is 0 Å². The summed E-state index contributed by atoms with van der Waals surface area (Å²) in [4.78, 5) is 25.0. The molecule has 8 heteroatoms. The highest BCUT2D eigenvalue weighted by Crippen LogP contribution is 2.21. The van der Waals surface area contributed by atoms with Gasteiger partial charge in [-0.05, 0) is 25.8 Å². The van der Waals surface area contributed by atoms with Gasteiger partial charge in [0.15, 0.2) is 5.76 Å². The molecule has 1 aliphatic rings. The smallest absolute Gasteiger partial charge is 0.397 e. The molecule has 0 bridgehead atoms. The minimum absolute atomic E-state index is 0.182. The van der Waals surface area contributed by atoms with Gasteiger partial charge >= 0.3 is 6.18 Å². The van der Waals surface area contributed by atoms with E-state index in [-0.39, 0.29) is 18.2 Å². The maximum absolute atomic E-state index is 12.3. The van der Waals surface area contributed by atoms with Crippen molar-refractivity contribution in [2.45, 2.75) is 38.9 Å². The molecule has 0 radical (unpaired) electrons. The number of alkyl halides is 3. The second-order valence-electron chi connectivity index (χ2n) is 5.47. The average Bonchev–Trinajstić information content (AvgIpc) is 2.95. The molecule has 5 nitrogen and oxygen atoms in total. The van der Waals surface area contributed by atoms with Gasteiger partial charge in [-0.1, -0.05) is 0 Å². The summed E-state index contributed by atoms with van der Waals surface area (Å²) in [6.07, 6.45) is -4.12. The number of hydrogen-bond acceptors (Lipinski definition) is 3. The van der Waals surface area contributed by atoms with Crippen molar-refractivity contribution in [3.63, 3.8) is 0 Å². The Bertz CT molecular complexity index is 580. The molecule has 1 aromatic heterocycles. The van der Waals surface area contributed by atoms with Crippen molar-refractivity contribution in [1.82, 2.24) is 10.2 Å². The molecular formula is C14H17F3N2O3. The Morgan fingerprint density at radius 3 is 2.64 bits per heavy atom. The second kappa shape index (κ2) is 6.02. The second-order valence-corrected chi connectivity index (χ2v) is 5.47. The number of rotatable bonds is 3. The fourth-order valence-electron chi connectivity index (χ4n) is 2.38. The maximum atomic E-state index is 12.3. The summed E-state index contributed by atoms with van der Waals surface area (Å²) in [6, 6.07) is -0.463. The number of nitrogens with zero attached hydrogens (tertiary/aromatic N) is 1. The Morgan fingerprint density at radius 1 is 1.41 bits per heavy atom. The van der Waals surface area contributed by atoms with Crippen LogP contribution in [0.1, 0.15) is 34.5 Å². The van der Waals surface area contributed by atoms with E-state index in [1.165, 1.54) is 11.2 Å². The Labute approximate surface area is 125 Å². The van der Waals surface area contributed by atoms with Crippen molar-refractivity contribution in [3.05, 3.63) is 23.2 Å². The van der Waals surface area contributed by atoms with Gasteiger partial charge in [0, 0.05) is 24.7 Å². The molecule has 122 valence electrons. The minimum Gasteiger partial charge on any atom is -0.459 e. The SMILES string of the molecule is Cc1coc(C(=O)N2CCC(NC(=O)CC(F)(F)F)C2)c1C. The molecule has 2 heterocycles. The third kappa shape index (κ3) is 3.80. The molecule has 0 aliphatic carbocycles. The first-order chi connectivity index (χ1) is 10.2. The molecule has 22 heavy (non-hydrogen) atoms. The van der Waals surface area contributed by atoms with E-state index in [0.717, 1.165) is 11.1 Å². The molecule has 1 atom stereocenters. The molecule has 1 aliphatic heterocycles. The van der Waals surface area contributed by atoms with E-state index in [9.17, 15) is 22.8 Å². The van der Waals surface area contributed by atoms with E-state index in [4.69, 9.17) is 4.42 Å². The third-order valence-electron chi connectivity index (χ3n) is 3.68. The van der Waals surface area contributed by atoms with Crippen molar-refractivity contribution in [2.75, 3.05) is 13.1 Å². The lowest BCUT2D eigenvalue weighted by Gasteiger charge is -2.16. The number of furan rings is 1. The molecule has 0 aromatic carbocycles. The van der Waals surface area contributed by atoms with E-state index in [2.05, 4.69) is 5.32 Å². The van der Waals surface area contributed by atoms with Crippen LogP contribution >= 0.6 is 0 Å². The zero-order valence-corrected chi connectivity index (χ0v) is 12.3. The zero-order chi connectivity index (χ0) is 16.5. The van der Waals surface area contributed by atoms with Crippen LogP contribution in [0, 0.1) is 13.8 Å². The highest BCUT2D eigenvalue weighted by molar-refractivity contribution is 5.93.